The van der Waals surface area contributed by atoms with Crippen LogP contribution in [0.25, 0.3) is 0 Å². The van der Waals surface area contributed by atoms with Gasteiger partial charge in [-0.15, -0.1) is 0 Å². The fourth-order valence-corrected chi connectivity index (χ4v) is 3.60. The molecule has 0 aliphatic carbocycles. The maximum atomic E-state index is 12.7. The van der Waals surface area contributed by atoms with E-state index in [1.807, 2.05) is 18.7 Å². The van der Waals surface area contributed by atoms with Crippen LogP contribution in [0.1, 0.15) is 40.0 Å². The van der Waals surface area contributed by atoms with Crippen LogP contribution < -0.4 is 5.32 Å². The number of nitrogens with zero attached hydrogens (tertiary/aromatic N) is 2. The first-order chi connectivity index (χ1) is 9.49. The van der Waals surface area contributed by atoms with Crippen LogP contribution in [0.4, 0.5) is 0 Å². The van der Waals surface area contributed by atoms with Gasteiger partial charge in [0.05, 0.1) is 0 Å². The molecule has 2 rings (SSSR count). The van der Waals surface area contributed by atoms with Gasteiger partial charge in [0.25, 0.3) is 0 Å². The van der Waals surface area contributed by atoms with Crippen LogP contribution in [0.3, 0.4) is 0 Å². The van der Waals surface area contributed by atoms with Gasteiger partial charge in [-0.25, -0.2) is 0 Å². The summed E-state index contributed by atoms with van der Waals surface area (Å²) < 4.78 is 0. The normalized spacial score (nSPS) is 36.1. The van der Waals surface area contributed by atoms with Crippen molar-refractivity contribution >= 4 is 11.8 Å². The van der Waals surface area contributed by atoms with Gasteiger partial charge < -0.3 is 15.1 Å². The number of hydrogen-bond donors (Lipinski definition) is 1. The lowest BCUT2D eigenvalue weighted by Crippen LogP contribution is -2.67. The number of rotatable bonds is 3. The molecule has 2 heterocycles. The van der Waals surface area contributed by atoms with E-state index in [2.05, 4.69) is 24.2 Å². The van der Waals surface area contributed by atoms with Crippen LogP contribution >= 0.6 is 0 Å². The Kier molecular flexibility index (Phi) is 4.68. The lowest BCUT2D eigenvalue weighted by Gasteiger charge is -2.48. The maximum absolute atomic E-state index is 12.7. The number of hydrogen-bond acceptors (Lipinski definition) is 3. The molecule has 4 unspecified atom stereocenters. The summed E-state index contributed by atoms with van der Waals surface area (Å²) >= 11 is 0. The molecule has 0 radical (unpaired) electrons. The highest BCUT2D eigenvalue weighted by Crippen LogP contribution is 2.27. The maximum Gasteiger partial charge on any atom is 0.246 e. The van der Waals surface area contributed by atoms with E-state index in [1.54, 1.807) is 0 Å². The third kappa shape index (κ3) is 2.68. The number of carbonyl (C=O) groups is 2. The molecule has 1 N–H and O–H groups in total. The van der Waals surface area contributed by atoms with E-state index >= 15 is 0 Å². The van der Waals surface area contributed by atoms with Crippen LogP contribution in [0.15, 0.2) is 0 Å². The molecule has 2 fully saturated rings. The van der Waals surface area contributed by atoms with Gasteiger partial charge in [-0.05, 0) is 38.8 Å². The molecule has 0 aromatic carbocycles. The number of amides is 2. The Morgan fingerprint density at radius 1 is 1.25 bits per heavy atom. The summed E-state index contributed by atoms with van der Waals surface area (Å²) in [5.74, 6) is 0.542. The van der Waals surface area contributed by atoms with Gasteiger partial charge in [0, 0.05) is 12.6 Å². The van der Waals surface area contributed by atoms with E-state index in [0.717, 1.165) is 19.5 Å². The average Bonchev–Trinajstić information content (AvgIpc) is 2.41. The smallest absolute Gasteiger partial charge is 0.246 e. The Morgan fingerprint density at radius 3 is 2.50 bits per heavy atom. The van der Waals surface area contributed by atoms with E-state index in [-0.39, 0.29) is 29.9 Å². The van der Waals surface area contributed by atoms with Gasteiger partial charge in [-0.1, -0.05) is 20.8 Å². The summed E-state index contributed by atoms with van der Waals surface area (Å²) in [7, 11) is 2.11. The Hall–Kier alpha value is -1.10. The third-order valence-electron chi connectivity index (χ3n) is 4.72. The summed E-state index contributed by atoms with van der Waals surface area (Å²) in [5.41, 5.74) is 0. The molecule has 2 aliphatic heterocycles. The Labute approximate surface area is 121 Å². The number of piperazine rings is 1. The standard InChI is InChI=1S/C15H27N3O2/c1-5-11-15(20)18(12(6-2)14(19)16-11)13-7-8-17(4)9-10(13)3/h10-13H,5-9H2,1-4H3,(H,16,19). The summed E-state index contributed by atoms with van der Waals surface area (Å²) in [4.78, 5) is 29.2. The van der Waals surface area contributed by atoms with Gasteiger partial charge in [-0.3, -0.25) is 9.59 Å². The minimum absolute atomic E-state index is 0.0186. The van der Waals surface area contributed by atoms with Crippen LogP contribution in [-0.4, -0.2) is 59.9 Å². The lowest BCUT2D eigenvalue weighted by atomic mass is 9.89. The molecule has 0 aromatic rings. The zero-order valence-corrected chi connectivity index (χ0v) is 13.1. The Morgan fingerprint density at radius 2 is 1.95 bits per heavy atom. The zero-order chi connectivity index (χ0) is 14.9. The molecule has 0 aromatic heterocycles. The van der Waals surface area contributed by atoms with Crippen molar-refractivity contribution in [2.75, 3.05) is 20.1 Å². The lowest BCUT2D eigenvalue weighted by molar-refractivity contribution is -0.155. The van der Waals surface area contributed by atoms with Crippen molar-refractivity contribution < 1.29 is 9.59 Å². The SMILES string of the molecule is CCC1NC(=O)C(CC)N(C2CCN(C)CC2C)C1=O. The molecule has 5 nitrogen and oxygen atoms in total. The largest absolute Gasteiger partial charge is 0.343 e. The quantitative estimate of drug-likeness (QED) is 0.834. The van der Waals surface area contributed by atoms with Gasteiger partial charge in [0.15, 0.2) is 0 Å². The van der Waals surface area contributed by atoms with E-state index in [1.165, 1.54) is 0 Å². The minimum atomic E-state index is -0.336. The Balaban J connectivity index is 2.24. The van der Waals surface area contributed by atoms with Crippen LogP contribution in [0.2, 0.25) is 0 Å². The second-order valence-electron chi connectivity index (χ2n) is 6.23. The van der Waals surface area contributed by atoms with Crippen LogP contribution in [-0.2, 0) is 9.59 Å². The number of likely N-dealkylation sites (tertiary alicyclic amines) is 1. The predicted molar refractivity (Wildman–Crippen MR) is 78.2 cm³/mol. The van der Waals surface area contributed by atoms with Crippen molar-refractivity contribution in [3.05, 3.63) is 0 Å². The van der Waals surface area contributed by atoms with Crippen molar-refractivity contribution in [3.63, 3.8) is 0 Å². The van der Waals surface area contributed by atoms with Crippen LogP contribution in [0, 0.1) is 5.92 Å². The molecule has 2 aliphatic rings. The van der Waals surface area contributed by atoms with Crippen molar-refractivity contribution in [2.24, 2.45) is 5.92 Å². The topological polar surface area (TPSA) is 52.7 Å². The van der Waals surface area contributed by atoms with Gasteiger partial charge in [0.1, 0.15) is 12.1 Å². The molecule has 0 spiro atoms. The van der Waals surface area contributed by atoms with Crippen LogP contribution in [0.5, 0.6) is 0 Å². The molecule has 2 amide bonds. The molecule has 114 valence electrons. The Bertz CT molecular complexity index is 385. The van der Waals surface area contributed by atoms with Gasteiger partial charge in [0.2, 0.25) is 11.8 Å². The fraction of sp³-hybridized carbons (Fsp3) is 0.867. The molecule has 4 atom stereocenters. The molecule has 0 saturated carbocycles. The monoisotopic (exact) mass is 281 g/mol. The van der Waals surface area contributed by atoms with Crippen molar-refractivity contribution in [1.82, 2.24) is 15.1 Å². The highest BCUT2D eigenvalue weighted by Gasteiger charge is 2.44. The molecule has 5 heteroatoms. The highest BCUT2D eigenvalue weighted by molar-refractivity contribution is 5.97. The third-order valence-corrected chi connectivity index (χ3v) is 4.72. The second-order valence-corrected chi connectivity index (χ2v) is 6.23. The van der Waals surface area contributed by atoms with E-state index in [9.17, 15) is 9.59 Å². The van der Waals surface area contributed by atoms with Crippen molar-refractivity contribution in [1.29, 1.82) is 0 Å². The van der Waals surface area contributed by atoms with E-state index in [4.69, 9.17) is 0 Å². The molecular weight excluding hydrogens is 254 g/mol. The first-order valence-electron chi connectivity index (χ1n) is 7.80. The average molecular weight is 281 g/mol. The second kappa shape index (κ2) is 6.12. The summed E-state index contributed by atoms with van der Waals surface area (Å²) in [6.45, 7) is 8.10. The summed E-state index contributed by atoms with van der Waals surface area (Å²) in [6, 6.07) is -0.429. The number of piperidine rings is 1. The van der Waals surface area contributed by atoms with Gasteiger partial charge in [-0.2, -0.15) is 0 Å². The van der Waals surface area contributed by atoms with E-state index in [0.29, 0.717) is 18.8 Å². The minimum Gasteiger partial charge on any atom is -0.343 e. The molecule has 0 bridgehead atoms. The number of carbonyl (C=O) groups excluding carboxylic acids is 2. The highest BCUT2D eigenvalue weighted by atomic mass is 16.2. The van der Waals surface area contributed by atoms with Crippen molar-refractivity contribution in [3.8, 4) is 0 Å². The zero-order valence-electron chi connectivity index (χ0n) is 13.1. The molecule has 2 saturated heterocycles. The first kappa shape index (κ1) is 15.3. The summed E-state index contributed by atoms with van der Waals surface area (Å²) in [5, 5.41) is 2.87. The molecular formula is C15H27N3O2. The summed E-state index contributed by atoms with van der Waals surface area (Å²) in [6.07, 6.45) is 2.31. The molecule has 20 heavy (non-hydrogen) atoms. The predicted octanol–water partition coefficient (Wildman–Crippen LogP) is 0.842. The van der Waals surface area contributed by atoms with Crippen molar-refractivity contribution in [2.45, 2.75) is 58.2 Å². The van der Waals surface area contributed by atoms with E-state index < -0.39 is 0 Å². The first-order valence-corrected chi connectivity index (χ1v) is 7.80. The number of nitrogens with one attached hydrogen (secondary N) is 1. The van der Waals surface area contributed by atoms with Gasteiger partial charge >= 0.3 is 0 Å². The fourth-order valence-electron chi connectivity index (χ4n) is 3.60.